The molecular weight excluding hydrogens is 236 g/mol. The van der Waals surface area contributed by atoms with Crippen molar-refractivity contribution in [2.45, 2.75) is 6.42 Å². The summed E-state index contributed by atoms with van der Waals surface area (Å²) < 4.78 is 9.33. The molecule has 0 fully saturated rings. The first kappa shape index (κ1) is 10.5. The minimum atomic E-state index is 0.537. The summed E-state index contributed by atoms with van der Waals surface area (Å²) in [6.07, 6.45) is 1.95. The van der Waals surface area contributed by atoms with E-state index in [2.05, 4.69) is 34.9 Å². The van der Waals surface area contributed by atoms with E-state index in [9.17, 15) is 0 Å². The Hall–Kier alpha value is -2.64. The molecule has 0 aliphatic rings. The number of hydrogen-bond acceptors (Lipinski definition) is 8. The average molecular weight is 246 g/mol. The van der Waals surface area contributed by atoms with Gasteiger partial charge in [0.1, 0.15) is 0 Å². The van der Waals surface area contributed by atoms with Crippen LogP contribution in [0.1, 0.15) is 5.82 Å². The van der Waals surface area contributed by atoms with Crippen LogP contribution in [0.3, 0.4) is 0 Å². The monoisotopic (exact) mass is 246 g/mol. The van der Waals surface area contributed by atoms with Gasteiger partial charge in [-0.3, -0.25) is 0 Å². The summed E-state index contributed by atoms with van der Waals surface area (Å²) in [6, 6.07) is 3.58. The normalized spacial score (nSPS) is 10.9. The number of nitrogens with zero attached hydrogens (tertiary/aromatic N) is 4. The molecule has 0 aliphatic heterocycles. The second-order valence-corrected chi connectivity index (χ2v) is 3.69. The molecular formula is C10H10N6O2. The predicted octanol–water partition coefficient (Wildman–Crippen LogP) is 0.843. The number of nitrogens with one attached hydrogen (secondary N) is 1. The van der Waals surface area contributed by atoms with Gasteiger partial charge in [0.05, 0.1) is 11.4 Å². The van der Waals surface area contributed by atoms with Crippen LogP contribution in [0, 0.1) is 0 Å². The minimum Gasteiger partial charge on any atom is -0.397 e. The Bertz CT molecular complexity index is 647. The predicted molar refractivity (Wildman–Crippen MR) is 62.7 cm³/mol. The first-order valence-electron chi connectivity index (χ1n) is 5.34. The largest absolute Gasteiger partial charge is 0.397 e. The van der Waals surface area contributed by atoms with E-state index in [1.54, 1.807) is 6.07 Å². The van der Waals surface area contributed by atoms with E-state index in [1.165, 1.54) is 6.39 Å². The molecule has 0 radical (unpaired) electrons. The summed E-state index contributed by atoms with van der Waals surface area (Å²) >= 11 is 0. The van der Waals surface area contributed by atoms with Crippen LogP contribution < -0.4 is 11.1 Å². The summed E-state index contributed by atoms with van der Waals surface area (Å²) in [5.41, 5.74) is 8.27. The maximum Gasteiger partial charge on any atom is 0.213 e. The van der Waals surface area contributed by atoms with E-state index in [4.69, 9.17) is 5.73 Å². The maximum atomic E-state index is 5.75. The Balaban J connectivity index is 1.75. The molecule has 2 aromatic heterocycles. The molecule has 1 aromatic carbocycles. The number of anilines is 2. The molecule has 8 nitrogen and oxygen atoms in total. The number of hydrogen-bond donors (Lipinski definition) is 2. The zero-order chi connectivity index (χ0) is 12.4. The van der Waals surface area contributed by atoms with Crippen molar-refractivity contribution >= 4 is 22.4 Å². The van der Waals surface area contributed by atoms with Gasteiger partial charge in [0.25, 0.3) is 0 Å². The summed E-state index contributed by atoms with van der Waals surface area (Å²) in [5, 5.41) is 14.5. The highest BCUT2D eigenvalue weighted by molar-refractivity contribution is 5.94. The molecule has 18 heavy (non-hydrogen) atoms. The van der Waals surface area contributed by atoms with Gasteiger partial charge in [0, 0.05) is 13.0 Å². The summed E-state index contributed by atoms with van der Waals surface area (Å²) in [4.78, 5) is 3.93. The molecule has 8 heteroatoms. The number of aromatic nitrogens is 4. The van der Waals surface area contributed by atoms with Crippen LogP contribution in [-0.2, 0) is 6.42 Å². The molecule has 0 spiro atoms. The molecule has 92 valence electrons. The van der Waals surface area contributed by atoms with Gasteiger partial charge in [-0.15, -0.1) is 0 Å². The molecule has 3 rings (SSSR count). The smallest absolute Gasteiger partial charge is 0.213 e. The maximum absolute atomic E-state index is 5.75. The quantitative estimate of drug-likeness (QED) is 0.650. The number of fused-ring (bicyclic) bond motifs is 1. The van der Waals surface area contributed by atoms with Crippen LogP contribution in [-0.4, -0.2) is 27.0 Å². The van der Waals surface area contributed by atoms with E-state index in [1.807, 2.05) is 6.07 Å². The van der Waals surface area contributed by atoms with Crippen molar-refractivity contribution in [3.63, 3.8) is 0 Å². The summed E-state index contributed by atoms with van der Waals surface area (Å²) in [7, 11) is 0. The van der Waals surface area contributed by atoms with Crippen molar-refractivity contribution in [2.24, 2.45) is 0 Å². The highest BCUT2D eigenvalue weighted by Crippen LogP contribution is 2.24. The van der Waals surface area contributed by atoms with Crippen LogP contribution >= 0.6 is 0 Å². The lowest BCUT2D eigenvalue weighted by Crippen LogP contribution is -2.06. The third kappa shape index (κ3) is 1.83. The lowest BCUT2D eigenvalue weighted by molar-refractivity contribution is 0.316. The van der Waals surface area contributed by atoms with Crippen LogP contribution in [0.4, 0.5) is 11.4 Å². The van der Waals surface area contributed by atoms with E-state index < -0.39 is 0 Å². The second-order valence-electron chi connectivity index (χ2n) is 3.69. The Morgan fingerprint density at radius 3 is 2.89 bits per heavy atom. The topological polar surface area (TPSA) is 116 Å². The third-order valence-corrected chi connectivity index (χ3v) is 2.52. The number of nitrogens with two attached hydrogens (primary N) is 1. The van der Waals surface area contributed by atoms with Gasteiger partial charge in [0.2, 0.25) is 6.39 Å². The fourth-order valence-electron chi connectivity index (χ4n) is 1.64. The molecule has 3 aromatic rings. The number of rotatable bonds is 4. The van der Waals surface area contributed by atoms with Crippen molar-refractivity contribution in [2.75, 3.05) is 17.6 Å². The highest BCUT2D eigenvalue weighted by Gasteiger charge is 2.09. The molecule has 0 unspecified atom stereocenters. The molecule has 0 amide bonds. The van der Waals surface area contributed by atoms with Crippen molar-refractivity contribution in [1.82, 2.24) is 20.5 Å². The van der Waals surface area contributed by atoms with Crippen molar-refractivity contribution in [3.05, 3.63) is 24.4 Å². The molecule has 0 saturated heterocycles. The molecule has 2 heterocycles. The summed E-state index contributed by atoms with van der Waals surface area (Å²) in [6.45, 7) is 0.644. The van der Waals surface area contributed by atoms with Crippen LogP contribution in [0.2, 0.25) is 0 Å². The van der Waals surface area contributed by atoms with Gasteiger partial charge < -0.3 is 15.6 Å². The lowest BCUT2D eigenvalue weighted by atomic mass is 10.2. The first-order valence-corrected chi connectivity index (χ1v) is 5.34. The number of benzene rings is 1. The van der Waals surface area contributed by atoms with Gasteiger partial charge in [-0.05, 0) is 22.4 Å². The van der Waals surface area contributed by atoms with Crippen molar-refractivity contribution < 1.29 is 9.15 Å². The van der Waals surface area contributed by atoms with E-state index in [0.717, 1.165) is 5.69 Å². The fraction of sp³-hybridized carbons (Fsp3) is 0.200. The van der Waals surface area contributed by atoms with Crippen LogP contribution in [0.5, 0.6) is 0 Å². The van der Waals surface area contributed by atoms with Gasteiger partial charge in [0.15, 0.2) is 16.9 Å². The highest BCUT2D eigenvalue weighted by atomic mass is 16.6. The average Bonchev–Trinajstić information content (AvgIpc) is 3.02. The molecule has 0 bridgehead atoms. The molecule has 0 aliphatic carbocycles. The second kappa shape index (κ2) is 4.32. The van der Waals surface area contributed by atoms with Gasteiger partial charge in [-0.1, -0.05) is 5.16 Å². The zero-order valence-corrected chi connectivity index (χ0v) is 9.33. The number of nitrogen functional groups attached to an aromatic ring is 1. The lowest BCUT2D eigenvalue weighted by Gasteiger charge is -2.05. The van der Waals surface area contributed by atoms with Crippen LogP contribution in [0.25, 0.3) is 11.0 Å². The molecule has 0 saturated carbocycles. The Morgan fingerprint density at radius 1 is 1.17 bits per heavy atom. The molecule has 0 atom stereocenters. The minimum absolute atomic E-state index is 0.537. The Kier molecular flexibility index (Phi) is 2.52. The standard InChI is InChI=1S/C10H10N6O2/c11-6-1-2-7(10-9(6)15-18-16-10)12-4-3-8-13-5-17-14-8/h1-2,5,12H,3-4,11H2. The Labute approximate surface area is 101 Å². The van der Waals surface area contributed by atoms with E-state index in [0.29, 0.717) is 35.5 Å². The third-order valence-electron chi connectivity index (χ3n) is 2.52. The van der Waals surface area contributed by atoms with Crippen molar-refractivity contribution in [3.8, 4) is 0 Å². The van der Waals surface area contributed by atoms with E-state index in [-0.39, 0.29) is 0 Å². The van der Waals surface area contributed by atoms with Gasteiger partial charge in [-0.25, -0.2) is 4.63 Å². The zero-order valence-electron chi connectivity index (χ0n) is 9.33. The van der Waals surface area contributed by atoms with Crippen molar-refractivity contribution in [1.29, 1.82) is 0 Å². The SMILES string of the molecule is Nc1ccc(NCCc2ncon2)c2nonc12. The van der Waals surface area contributed by atoms with E-state index >= 15 is 0 Å². The first-order chi connectivity index (χ1) is 8.84. The van der Waals surface area contributed by atoms with Gasteiger partial charge in [-0.2, -0.15) is 4.98 Å². The Morgan fingerprint density at radius 2 is 2.06 bits per heavy atom. The van der Waals surface area contributed by atoms with Gasteiger partial charge >= 0.3 is 0 Å². The van der Waals surface area contributed by atoms with Crippen LogP contribution in [0.15, 0.2) is 27.7 Å². The fourth-order valence-corrected chi connectivity index (χ4v) is 1.64. The summed E-state index contributed by atoms with van der Waals surface area (Å²) in [5.74, 6) is 0.646. The molecule has 3 N–H and O–H groups in total.